The zero-order valence-corrected chi connectivity index (χ0v) is 15.9. The van der Waals surface area contributed by atoms with E-state index in [2.05, 4.69) is 10.3 Å². The maximum atomic E-state index is 12.6. The van der Waals surface area contributed by atoms with E-state index in [4.69, 9.17) is 9.47 Å². The minimum Gasteiger partial charge on any atom is -0.493 e. The molecule has 0 spiro atoms. The number of nitrogens with zero attached hydrogens (tertiary/aromatic N) is 2. The summed E-state index contributed by atoms with van der Waals surface area (Å²) < 4.78 is 10.4. The summed E-state index contributed by atoms with van der Waals surface area (Å²) in [5.74, 6) is 0.477. The van der Waals surface area contributed by atoms with Gasteiger partial charge in [-0.3, -0.25) is 14.6 Å². The molecule has 0 fully saturated rings. The predicted octanol–water partition coefficient (Wildman–Crippen LogP) is 3.24. The number of hydrogen-bond acceptors (Lipinski definition) is 5. The van der Waals surface area contributed by atoms with Crippen LogP contribution in [0.1, 0.15) is 6.92 Å². The van der Waals surface area contributed by atoms with E-state index in [-0.39, 0.29) is 18.4 Å². The van der Waals surface area contributed by atoms with Crippen LogP contribution in [0.3, 0.4) is 0 Å². The second-order valence-corrected chi connectivity index (χ2v) is 6.08. The molecular weight excluding hydrogens is 358 g/mol. The van der Waals surface area contributed by atoms with Gasteiger partial charge in [-0.25, -0.2) is 0 Å². The number of hydrogen-bond donors (Lipinski definition) is 1. The third-order valence-corrected chi connectivity index (χ3v) is 4.25. The molecule has 0 atom stereocenters. The van der Waals surface area contributed by atoms with E-state index in [0.717, 1.165) is 5.39 Å². The topological polar surface area (TPSA) is 80.8 Å². The Labute approximate surface area is 162 Å². The van der Waals surface area contributed by atoms with Gasteiger partial charge in [0.1, 0.15) is 6.54 Å². The number of fused-ring (bicyclic) bond motifs is 1. The molecule has 1 heterocycles. The molecule has 3 rings (SSSR count). The van der Waals surface area contributed by atoms with E-state index >= 15 is 0 Å². The smallest absolute Gasteiger partial charge is 0.244 e. The number of para-hydroxylation sites is 1. The van der Waals surface area contributed by atoms with E-state index < -0.39 is 0 Å². The Morgan fingerprint density at radius 2 is 1.79 bits per heavy atom. The van der Waals surface area contributed by atoms with Crippen LogP contribution in [0.4, 0.5) is 11.4 Å². The van der Waals surface area contributed by atoms with Crippen molar-refractivity contribution < 1.29 is 19.1 Å². The lowest BCUT2D eigenvalue weighted by Gasteiger charge is -2.22. The maximum Gasteiger partial charge on any atom is 0.244 e. The number of pyridine rings is 1. The summed E-state index contributed by atoms with van der Waals surface area (Å²) in [6.45, 7) is 1.28. The minimum absolute atomic E-state index is 0.140. The molecule has 0 saturated heterocycles. The number of nitrogens with one attached hydrogen (secondary N) is 1. The van der Waals surface area contributed by atoms with Gasteiger partial charge in [0, 0.05) is 30.3 Å². The first-order valence-electron chi connectivity index (χ1n) is 8.67. The Balaban J connectivity index is 1.83. The Bertz CT molecular complexity index is 1010. The molecule has 7 nitrogen and oxygen atoms in total. The molecule has 144 valence electrons. The third kappa shape index (κ3) is 4.03. The van der Waals surface area contributed by atoms with Crippen molar-refractivity contribution in [2.45, 2.75) is 6.92 Å². The normalized spacial score (nSPS) is 10.4. The van der Waals surface area contributed by atoms with Gasteiger partial charge in [-0.15, -0.1) is 0 Å². The Hall–Kier alpha value is -3.61. The van der Waals surface area contributed by atoms with Crippen molar-refractivity contribution in [3.05, 3.63) is 54.7 Å². The standard InChI is InChI=1S/C21H21N3O4/c1-14(25)24(17-8-4-6-15-7-5-11-22-21(15)17)13-20(26)23-16-9-10-18(27-2)19(12-16)28-3/h4-12H,13H2,1-3H3,(H,23,26). The van der Waals surface area contributed by atoms with Crippen LogP contribution in [-0.2, 0) is 9.59 Å². The van der Waals surface area contributed by atoms with Gasteiger partial charge < -0.3 is 19.7 Å². The first-order chi connectivity index (χ1) is 13.5. The average molecular weight is 379 g/mol. The fourth-order valence-electron chi connectivity index (χ4n) is 2.93. The second kappa shape index (κ2) is 8.39. The van der Waals surface area contributed by atoms with E-state index in [9.17, 15) is 9.59 Å². The van der Waals surface area contributed by atoms with Gasteiger partial charge in [0.15, 0.2) is 11.5 Å². The molecule has 28 heavy (non-hydrogen) atoms. The van der Waals surface area contributed by atoms with Crippen molar-refractivity contribution in [2.24, 2.45) is 0 Å². The number of methoxy groups -OCH3 is 2. The van der Waals surface area contributed by atoms with Crippen LogP contribution in [-0.4, -0.2) is 37.6 Å². The summed E-state index contributed by atoms with van der Waals surface area (Å²) in [6.07, 6.45) is 1.66. The van der Waals surface area contributed by atoms with Crippen molar-refractivity contribution in [1.29, 1.82) is 0 Å². The molecule has 2 amide bonds. The van der Waals surface area contributed by atoms with Crippen LogP contribution in [0, 0.1) is 0 Å². The zero-order valence-electron chi connectivity index (χ0n) is 15.9. The van der Waals surface area contributed by atoms with Crippen LogP contribution in [0.25, 0.3) is 10.9 Å². The number of carbonyl (C=O) groups is 2. The lowest BCUT2D eigenvalue weighted by Crippen LogP contribution is -2.36. The molecule has 0 bridgehead atoms. The van der Waals surface area contributed by atoms with Gasteiger partial charge >= 0.3 is 0 Å². The number of ether oxygens (including phenoxy) is 2. The largest absolute Gasteiger partial charge is 0.493 e. The van der Waals surface area contributed by atoms with Crippen molar-refractivity contribution in [1.82, 2.24) is 4.98 Å². The Morgan fingerprint density at radius 3 is 2.50 bits per heavy atom. The summed E-state index contributed by atoms with van der Waals surface area (Å²) in [7, 11) is 3.06. The number of amides is 2. The molecule has 2 aromatic carbocycles. The number of aromatic nitrogens is 1. The van der Waals surface area contributed by atoms with Crippen molar-refractivity contribution in [2.75, 3.05) is 31.0 Å². The highest BCUT2D eigenvalue weighted by atomic mass is 16.5. The number of carbonyl (C=O) groups excluding carboxylic acids is 2. The summed E-state index contributed by atoms with van der Waals surface area (Å²) in [5, 5.41) is 3.68. The summed E-state index contributed by atoms with van der Waals surface area (Å²) in [5.41, 5.74) is 1.80. The molecule has 0 radical (unpaired) electrons. The van der Waals surface area contributed by atoms with Crippen molar-refractivity contribution in [3.63, 3.8) is 0 Å². The van der Waals surface area contributed by atoms with Gasteiger partial charge in [-0.1, -0.05) is 18.2 Å². The Morgan fingerprint density at radius 1 is 1.04 bits per heavy atom. The molecule has 0 aliphatic carbocycles. The zero-order chi connectivity index (χ0) is 20.1. The van der Waals surface area contributed by atoms with Crippen LogP contribution in [0.5, 0.6) is 11.5 Å². The van der Waals surface area contributed by atoms with Gasteiger partial charge in [0.2, 0.25) is 11.8 Å². The number of anilines is 2. The molecule has 7 heteroatoms. The van der Waals surface area contributed by atoms with Gasteiger partial charge in [-0.2, -0.15) is 0 Å². The molecule has 1 N–H and O–H groups in total. The number of rotatable bonds is 6. The third-order valence-electron chi connectivity index (χ3n) is 4.25. The number of benzene rings is 2. The summed E-state index contributed by atoms with van der Waals surface area (Å²) >= 11 is 0. The lowest BCUT2D eigenvalue weighted by atomic mass is 10.1. The Kier molecular flexibility index (Phi) is 5.74. The SMILES string of the molecule is COc1ccc(NC(=O)CN(C(C)=O)c2cccc3cccnc23)cc1OC. The fourth-order valence-corrected chi connectivity index (χ4v) is 2.93. The van der Waals surface area contributed by atoms with Crippen LogP contribution >= 0.6 is 0 Å². The highest BCUT2D eigenvalue weighted by Gasteiger charge is 2.19. The van der Waals surface area contributed by atoms with Gasteiger partial charge in [-0.05, 0) is 24.3 Å². The molecule has 1 aromatic heterocycles. The predicted molar refractivity (Wildman–Crippen MR) is 108 cm³/mol. The molecule has 0 aliphatic heterocycles. The molecular formula is C21H21N3O4. The van der Waals surface area contributed by atoms with E-state index in [0.29, 0.717) is 28.4 Å². The van der Waals surface area contributed by atoms with Crippen molar-refractivity contribution >= 4 is 34.1 Å². The molecule has 0 saturated carbocycles. The monoisotopic (exact) mass is 379 g/mol. The first kappa shape index (κ1) is 19.2. The van der Waals surface area contributed by atoms with E-state index in [1.54, 1.807) is 37.6 Å². The van der Waals surface area contributed by atoms with Crippen LogP contribution in [0.15, 0.2) is 54.7 Å². The molecule has 3 aromatic rings. The van der Waals surface area contributed by atoms with E-state index in [1.165, 1.54) is 18.9 Å². The highest BCUT2D eigenvalue weighted by molar-refractivity contribution is 6.06. The lowest BCUT2D eigenvalue weighted by molar-refractivity contribution is -0.120. The van der Waals surface area contributed by atoms with E-state index in [1.807, 2.05) is 24.3 Å². The van der Waals surface area contributed by atoms with Crippen molar-refractivity contribution in [3.8, 4) is 11.5 Å². The van der Waals surface area contributed by atoms with Gasteiger partial charge in [0.25, 0.3) is 0 Å². The second-order valence-electron chi connectivity index (χ2n) is 6.08. The minimum atomic E-state index is -0.338. The maximum absolute atomic E-state index is 12.6. The van der Waals surface area contributed by atoms with Crippen LogP contribution in [0.2, 0.25) is 0 Å². The first-order valence-corrected chi connectivity index (χ1v) is 8.67. The average Bonchev–Trinajstić information content (AvgIpc) is 2.71. The summed E-state index contributed by atoms with van der Waals surface area (Å²) in [4.78, 5) is 30.6. The fraction of sp³-hybridized carbons (Fsp3) is 0.190. The summed E-state index contributed by atoms with van der Waals surface area (Å²) in [6, 6.07) is 14.3. The molecule has 0 unspecified atom stereocenters. The van der Waals surface area contributed by atoms with Crippen LogP contribution < -0.4 is 19.7 Å². The molecule has 0 aliphatic rings. The quantitative estimate of drug-likeness (QED) is 0.711. The highest BCUT2D eigenvalue weighted by Crippen LogP contribution is 2.30. The van der Waals surface area contributed by atoms with Gasteiger partial charge in [0.05, 0.1) is 25.4 Å².